The van der Waals surface area contributed by atoms with Crippen molar-refractivity contribution in [1.29, 1.82) is 0 Å². The summed E-state index contributed by atoms with van der Waals surface area (Å²) in [5.41, 5.74) is 11.6. The van der Waals surface area contributed by atoms with Crippen molar-refractivity contribution in [2.24, 2.45) is 5.73 Å². The first kappa shape index (κ1) is 13.9. The standard InChI is InChI=1S/C13H16N4O3/c14-11-3-1-2-4-12(11)20-8-10(18)7-17-6-9(5-16-17)13(15)19/h1-6,10,18H,7-8,14H2,(H2,15,19). The van der Waals surface area contributed by atoms with Gasteiger partial charge in [-0.2, -0.15) is 5.10 Å². The van der Waals surface area contributed by atoms with E-state index in [9.17, 15) is 9.90 Å². The van der Waals surface area contributed by atoms with Crippen molar-refractivity contribution in [2.75, 3.05) is 12.3 Å². The predicted octanol–water partition coefficient (Wildman–Crippen LogP) is 0.00410. The molecule has 1 atom stereocenters. The Morgan fingerprint density at radius 3 is 2.85 bits per heavy atom. The molecule has 1 aromatic heterocycles. The van der Waals surface area contributed by atoms with Crippen LogP contribution in [0, 0.1) is 0 Å². The van der Waals surface area contributed by atoms with Gasteiger partial charge >= 0.3 is 0 Å². The van der Waals surface area contributed by atoms with Gasteiger partial charge in [-0.05, 0) is 12.1 Å². The molecule has 7 heteroatoms. The van der Waals surface area contributed by atoms with Crippen molar-refractivity contribution in [3.8, 4) is 5.75 Å². The average molecular weight is 276 g/mol. The number of nitrogens with two attached hydrogens (primary N) is 2. The summed E-state index contributed by atoms with van der Waals surface area (Å²) in [7, 11) is 0. The van der Waals surface area contributed by atoms with Gasteiger partial charge in [0, 0.05) is 6.20 Å². The minimum absolute atomic E-state index is 0.0694. The molecule has 1 heterocycles. The zero-order valence-electron chi connectivity index (χ0n) is 10.8. The van der Waals surface area contributed by atoms with Gasteiger partial charge in [-0.3, -0.25) is 9.48 Å². The predicted molar refractivity (Wildman–Crippen MR) is 73.1 cm³/mol. The second-order valence-electron chi connectivity index (χ2n) is 4.32. The van der Waals surface area contributed by atoms with Crippen LogP contribution in [0.5, 0.6) is 5.75 Å². The van der Waals surface area contributed by atoms with Crippen LogP contribution < -0.4 is 16.2 Å². The van der Waals surface area contributed by atoms with Crippen LogP contribution in [-0.2, 0) is 6.54 Å². The molecule has 1 aromatic carbocycles. The first-order valence-corrected chi connectivity index (χ1v) is 6.04. The van der Waals surface area contributed by atoms with Gasteiger partial charge < -0.3 is 21.3 Å². The lowest BCUT2D eigenvalue weighted by Gasteiger charge is -2.13. The molecule has 2 aromatic rings. The van der Waals surface area contributed by atoms with Gasteiger partial charge in [0.15, 0.2) is 0 Å². The van der Waals surface area contributed by atoms with Crippen molar-refractivity contribution in [3.63, 3.8) is 0 Å². The molecule has 1 amide bonds. The fourth-order valence-electron chi connectivity index (χ4n) is 1.66. The maximum Gasteiger partial charge on any atom is 0.251 e. The number of nitrogen functional groups attached to an aromatic ring is 1. The number of carbonyl (C=O) groups excluding carboxylic acids is 1. The highest BCUT2D eigenvalue weighted by atomic mass is 16.5. The number of amides is 1. The number of aliphatic hydroxyl groups is 1. The normalized spacial score (nSPS) is 12.1. The number of primary amides is 1. The van der Waals surface area contributed by atoms with E-state index in [1.807, 2.05) is 0 Å². The number of carbonyl (C=O) groups is 1. The Morgan fingerprint density at radius 1 is 1.45 bits per heavy atom. The number of hydrogen-bond acceptors (Lipinski definition) is 5. The van der Waals surface area contributed by atoms with E-state index in [-0.39, 0.29) is 13.2 Å². The topological polar surface area (TPSA) is 116 Å². The molecule has 106 valence electrons. The highest BCUT2D eigenvalue weighted by Crippen LogP contribution is 2.19. The highest BCUT2D eigenvalue weighted by molar-refractivity contribution is 5.92. The maximum atomic E-state index is 10.9. The summed E-state index contributed by atoms with van der Waals surface area (Å²) in [6, 6.07) is 7.04. The molecule has 0 fully saturated rings. The molecule has 0 saturated carbocycles. The number of anilines is 1. The average Bonchev–Trinajstić information content (AvgIpc) is 2.86. The number of hydrogen-bond donors (Lipinski definition) is 3. The van der Waals surface area contributed by atoms with Gasteiger partial charge in [-0.15, -0.1) is 0 Å². The molecule has 7 nitrogen and oxygen atoms in total. The molecular weight excluding hydrogens is 260 g/mol. The van der Waals surface area contributed by atoms with Gasteiger partial charge in [-0.1, -0.05) is 12.1 Å². The number of aliphatic hydroxyl groups excluding tert-OH is 1. The van der Waals surface area contributed by atoms with E-state index >= 15 is 0 Å². The minimum atomic E-state index is -0.782. The van der Waals surface area contributed by atoms with Crippen LogP contribution >= 0.6 is 0 Å². The number of para-hydroxylation sites is 2. The molecule has 20 heavy (non-hydrogen) atoms. The molecule has 0 aliphatic rings. The third kappa shape index (κ3) is 3.48. The van der Waals surface area contributed by atoms with Crippen LogP contribution in [0.15, 0.2) is 36.7 Å². The quantitative estimate of drug-likeness (QED) is 0.642. The molecule has 1 unspecified atom stereocenters. The SMILES string of the molecule is NC(=O)c1cnn(CC(O)COc2ccccc2N)c1. The molecule has 0 aliphatic heterocycles. The van der Waals surface area contributed by atoms with Crippen LogP contribution in [0.3, 0.4) is 0 Å². The van der Waals surface area contributed by atoms with E-state index < -0.39 is 12.0 Å². The third-order valence-electron chi connectivity index (χ3n) is 2.67. The van der Waals surface area contributed by atoms with Crippen molar-refractivity contribution in [2.45, 2.75) is 12.6 Å². The lowest BCUT2D eigenvalue weighted by atomic mass is 10.3. The maximum absolute atomic E-state index is 10.9. The van der Waals surface area contributed by atoms with Crippen molar-refractivity contribution in [1.82, 2.24) is 9.78 Å². The van der Waals surface area contributed by atoms with E-state index in [4.69, 9.17) is 16.2 Å². The lowest BCUT2D eigenvalue weighted by molar-refractivity contribution is 0.0895. The highest BCUT2D eigenvalue weighted by Gasteiger charge is 2.10. The summed E-state index contributed by atoms with van der Waals surface area (Å²) in [6.45, 7) is 0.264. The Hall–Kier alpha value is -2.54. The van der Waals surface area contributed by atoms with Crippen LogP contribution in [0.4, 0.5) is 5.69 Å². The number of benzene rings is 1. The summed E-state index contributed by atoms with van der Waals surface area (Å²) >= 11 is 0. The lowest BCUT2D eigenvalue weighted by Crippen LogP contribution is -2.24. The Morgan fingerprint density at radius 2 is 2.20 bits per heavy atom. The zero-order valence-corrected chi connectivity index (χ0v) is 10.8. The molecule has 0 spiro atoms. The van der Waals surface area contributed by atoms with Crippen LogP contribution in [0.1, 0.15) is 10.4 Å². The molecule has 2 rings (SSSR count). The van der Waals surface area contributed by atoms with E-state index in [1.54, 1.807) is 24.3 Å². The number of ether oxygens (including phenoxy) is 1. The van der Waals surface area contributed by atoms with E-state index in [1.165, 1.54) is 17.1 Å². The fourth-order valence-corrected chi connectivity index (χ4v) is 1.66. The molecular formula is C13H16N4O3. The first-order valence-electron chi connectivity index (χ1n) is 6.04. The summed E-state index contributed by atoms with van der Waals surface area (Å²) in [5.74, 6) is -0.0381. The van der Waals surface area contributed by atoms with Gasteiger partial charge in [0.05, 0.1) is 24.0 Å². The molecule has 0 bridgehead atoms. The van der Waals surface area contributed by atoms with Crippen molar-refractivity contribution >= 4 is 11.6 Å². The van der Waals surface area contributed by atoms with Crippen LogP contribution in [-0.4, -0.2) is 33.5 Å². The fraction of sp³-hybridized carbons (Fsp3) is 0.231. The molecule has 0 aliphatic carbocycles. The second kappa shape index (κ2) is 6.07. The summed E-state index contributed by atoms with van der Waals surface area (Å²) < 4.78 is 6.85. The van der Waals surface area contributed by atoms with Crippen molar-refractivity contribution in [3.05, 3.63) is 42.2 Å². The van der Waals surface area contributed by atoms with Crippen LogP contribution in [0.2, 0.25) is 0 Å². The van der Waals surface area contributed by atoms with Gasteiger partial charge in [0.1, 0.15) is 18.5 Å². The van der Waals surface area contributed by atoms with Gasteiger partial charge in [0.2, 0.25) is 0 Å². The number of aromatic nitrogens is 2. The summed E-state index contributed by atoms with van der Waals surface area (Å²) in [6.07, 6.45) is 2.04. The monoisotopic (exact) mass is 276 g/mol. The van der Waals surface area contributed by atoms with Gasteiger partial charge in [0.25, 0.3) is 5.91 Å². The first-order chi connectivity index (χ1) is 9.56. The minimum Gasteiger partial charge on any atom is -0.489 e. The van der Waals surface area contributed by atoms with E-state index in [2.05, 4.69) is 5.10 Å². The Bertz CT molecular complexity index is 597. The summed E-state index contributed by atoms with van der Waals surface area (Å²) in [5, 5.41) is 13.8. The Labute approximate surface area is 115 Å². The number of nitrogens with zero attached hydrogens (tertiary/aromatic N) is 2. The third-order valence-corrected chi connectivity index (χ3v) is 2.67. The second-order valence-corrected chi connectivity index (χ2v) is 4.32. The Balaban J connectivity index is 1.87. The van der Waals surface area contributed by atoms with E-state index in [0.717, 1.165) is 0 Å². The van der Waals surface area contributed by atoms with E-state index in [0.29, 0.717) is 17.0 Å². The smallest absolute Gasteiger partial charge is 0.251 e. The summed E-state index contributed by atoms with van der Waals surface area (Å²) in [4.78, 5) is 10.9. The Kier molecular flexibility index (Phi) is 4.21. The molecule has 5 N–H and O–H groups in total. The van der Waals surface area contributed by atoms with Crippen LogP contribution in [0.25, 0.3) is 0 Å². The molecule has 0 radical (unpaired) electrons. The largest absolute Gasteiger partial charge is 0.489 e. The molecule has 0 saturated heterocycles. The number of rotatable bonds is 6. The van der Waals surface area contributed by atoms with Gasteiger partial charge in [-0.25, -0.2) is 0 Å². The zero-order chi connectivity index (χ0) is 14.5. The van der Waals surface area contributed by atoms with Crippen molar-refractivity contribution < 1.29 is 14.6 Å².